The fourth-order valence-electron chi connectivity index (χ4n) is 1.12. The summed E-state index contributed by atoms with van der Waals surface area (Å²) >= 11 is 1.78. The molecule has 1 heterocycles. The smallest absolute Gasteiger partial charge is 0.219 e. The van der Waals surface area contributed by atoms with Gasteiger partial charge in [-0.25, -0.2) is 0 Å². The number of nitrogens with zero attached hydrogens (tertiary/aromatic N) is 1. The van der Waals surface area contributed by atoms with Crippen LogP contribution in [0.1, 0.15) is 13.3 Å². The lowest BCUT2D eigenvalue weighted by molar-refractivity contribution is -0.128. The van der Waals surface area contributed by atoms with Crippen LogP contribution in [0.25, 0.3) is 0 Å². The second-order valence-electron chi connectivity index (χ2n) is 2.59. The molecule has 0 fully saturated rings. The summed E-state index contributed by atoms with van der Waals surface area (Å²) < 4.78 is 0. The summed E-state index contributed by atoms with van der Waals surface area (Å²) in [7, 11) is 0. The van der Waals surface area contributed by atoms with Gasteiger partial charge in [-0.2, -0.15) is 0 Å². The fourth-order valence-corrected chi connectivity index (χ4v) is 1.66. The monoisotopic (exact) mass is 171 g/mol. The van der Waals surface area contributed by atoms with Crippen molar-refractivity contribution in [3.63, 3.8) is 0 Å². The standard InChI is InChI=1S/C8H13NOS/c1-7(10)9-5-3-8(11-2)4-6-9/h3H,4-6H2,1-2H3. The van der Waals surface area contributed by atoms with Crippen LogP contribution >= 0.6 is 11.8 Å². The zero-order chi connectivity index (χ0) is 8.27. The van der Waals surface area contributed by atoms with Crippen molar-refractivity contribution < 1.29 is 4.79 Å². The Labute approximate surface area is 71.6 Å². The van der Waals surface area contributed by atoms with Crippen LogP contribution in [0.2, 0.25) is 0 Å². The Balaban J connectivity index is 2.47. The molecule has 0 saturated heterocycles. The molecule has 1 aliphatic rings. The summed E-state index contributed by atoms with van der Waals surface area (Å²) in [5.41, 5.74) is 0. The van der Waals surface area contributed by atoms with Gasteiger partial charge in [0.1, 0.15) is 0 Å². The maximum absolute atomic E-state index is 10.9. The minimum absolute atomic E-state index is 0.182. The predicted octanol–water partition coefficient (Wildman–Crippen LogP) is 1.49. The molecule has 0 aliphatic carbocycles. The number of thioether (sulfide) groups is 1. The molecule has 3 heteroatoms. The van der Waals surface area contributed by atoms with Crippen LogP contribution in [-0.2, 0) is 4.79 Å². The molecule has 62 valence electrons. The minimum atomic E-state index is 0.182. The first-order chi connectivity index (χ1) is 5.24. The van der Waals surface area contributed by atoms with Gasteiger partial charge in [-0.05, 0) is 17.6 Å². The van der Waals surface area contributed by atoms with Gasteiger partial charge in [-0.3, -0.25) is 4.79 Å². The van der Waals surface area contributed by atoms with Crippen LogP contribution in [0.5, 0.6) is 0 Å². The van der Waals surface area contributed by atoms with Gasteiger partial charge < -0.3 is 4.90 Å². The molecule has 0 aromatic carbocycles. The molecule has 0 aromatic rings. The summed E-state index contributed by atoms with van der Waals surface area (Å²) in [6, 6.07) is 0. The van der Waals surface area contributed by atoms with Gasteiger partial charge in [-0.15, -0.1) is 11.8 Å². The highest BCUT2D eigenvalue weighted by Crippen LogP contribution is 2.19. The first-order valence-corrected chi connectivity index (χ1v) is 4.95. The molecule has 1 aliphatic heterocycles. The highest BCUT2D eigenvalue weighted by molar-refractivity contribution is 8.02. The van der Waals surface area contributed by atoms with Crippen molar-refractivity contribution in [2.24, 2.45) is 0 Å². The normalized spacial score (nSPS) is 18.0. The highest BCUT2D eigenvalue weighted by Gasteiger charge is 2.12. The molecule has 1 rings (SSSR count). The summed E-state index contributed by atoms with van der Waals surface area (Å²) in [6.07, 6.45) is 5.24. The molecule has 2 nitrogen and oxygen atoms in total. The van der Waals surface area contributed by atoms with Crippen molar-refractivity contribution >= 4 is 17.7 Å². The van der Waals surface area contributed by atoms with Crippen molar-refractivity contribution in [2.45, 2.75) is 13.3 Å². The van der Waals surface area contributed by atoms with E-state index >= 15 is 0 Å². The molecular formula is C8H13NOS. The van der Waals surface area contributed by atoms with E-state index < -0.39 is 0 Å². The van der Waals surface area contributed by atoms with Crippen LogP contribution in [-0.4, -0.2) is 30.2 Å². The van der Waals surface area contributed by atoms with E-state index in [1.54, 1.807) is 18.7 Å². The van der Waals surface area contributed by atoms with Crippen LogP contribution in [0.4, 0.5) is 0 Å². The lowest BCUT2D eigenvalue weighted by Crippen LogP contribution is -2.32. The van der Waals surface area contributed by atoms with Crippen molar-refractivity contribution in [2.75, 3.05) is 19.3 Å². The summed E-state index contributed by atoms with van der Waals surface area (Å²) in [5.74, 6) is 0.182. The second kappa shape index (κ2) is 3.81. The van der Waals surface area contributed by atoms with Gasteiger partial charge >= 0.3 is 0 Å². The third-order valence-corrected chi connectivity index (χ3v) is 2.77. The maximum Gasteiger partial charge on any atom is 0.219 e. The van der Waals surface area contributed by atoms with Crippen LogP contribution in [0.3, 0.4) is 0 Å². The highest BCUT2D eigenvalue weighted by atomic mass is 32.2. The Kier molecular flexibility index (Phi) is 3.00. The van der Waals surface area contributed by atoms with Gasteiger partial charge in [-0.1, -0.05) is 6.08 Å². The number of hydrogen-bond acceptors (Lipinski definition) is 2. The second-order valence-corrected chi connectivity index (χ2v) is 3.52. The lowest BCUT2D eigenvalue weighted by Gasteiger charge is -2.24. The third kappa shape index (κ3) is 2.26. The number of carbonyl (C=O) groups excluding carboxylic acids is 1. The molecule has 0 unspecified atom stereocenters. The van der Waals surface area contributed by atoms with E-state index in [0.29, 0.717) is 0 Å². The Morgan fingerprint density at radius 3 is 2.82 bits per heavy atom. The van der Waals surface area contributed by atoms with Crippen LogP contribution < -0.4 is 0 Å². The quantitative estimate of drug-likeness (QED) is 0.595. The van der Waals surface area contributed by atoms with E-state index in [4.69, 9.17) is 0 Å². The summed E-state index contributed by atoms with van der Waals surface area (Å²) in [6.45, 7) is 3.31. The molecule has 0 N–H and O–H groups in total. The molecule has 0 radical (unpaired) electrons. The average molecular weight is 171 g/mol. The predicted molar refractivity (Wildman–Crippen MR) is 48.5 cm³/mol. The van der Waals surface area contributed by atoms with E-state index in [1.807, 2.05) is 4.90 Å². The van der Waals surface area contributed by atoms with Crippen molar-refractivity contribution in [3.8, 4) is 0 Å². The first-order valence-electron chi connectivity index (χ1n) is 3.72. The number of carbonyl (C=O) groups is 1. The van der Waals surface area contributed by atoms with E-state index in [2.05, 4.69) is 12.3 Å². The Bertz CT molecular complexity index is 189. The molecular weight excluding hydrogens is 158 g/mol. The maximum atomic E-state index is 10.9. The Hall–Kier alpha value is -0.440. The molecule has 1 amide bonds. The zero-order valence-corrected chi connectivity index (χ0v) is 7.78. The van der Waals surface area contributed by atoms with E-state index in [9.17, 15) is 4.79 Å². The van der Waals surface area contributed by atoms with Gasteiger partial charge in [0.05, 0.1) is 0 Å². The first kappa shape index (κ1) is 8.65. The molecule has 0 saturated carbocycles. The molecule has 11 heavy (non-hydrogen) atoms. The van der Waals surface area contributed by atoms with Crippen molar-refractivity contribution in [1.82, 2.24) is 4.90 Å². The average Bonchev–Trinajstić information content (AvgIpc) is 2.05. The fraction of sp³-hybridized carbons (Fsp3) is 0.625. The van der Waals surface area contributed by atoms with Crippen molar-refractivity contribution in [1.29, 1.82) is 0 Å². The van der Waals surface area contributed by atoms with E-state index in [0.717, 1.165) is 19.5 Å². The van der Waals surface area contributed by atoms with E-state index in [1.165, 1.54) is 4.91 Å². The number of hydrogen-bond donors (Lipinski definition) is 0. The van der Waals surface area contributed by atoms with Gasteiger partial charge in [0, 0.05) is 20.0 Å². The number of rotatable bonds is 1. The molecule has 0 aromatic heterocycles. The topological polar surface area (TPSA) is 20.3 Å². The Morgan fingerprint density at radius 2 is 2.45 bits per heavy atom. The van der Waals surface area contributed by atoms with Gasteiger partial charge in [0.15, 0.2) is 0 Å². The molecule has 0 atom stereocenters. The lowest BCUT2D eigenvalue weighted by atomic mass is 10.2. The SMILES string of the molecule is CSC1=CCN(C(C)=O)CC1. The summed E-state index contributed by atoms with van der Waals surface area (Å²) in [5, 5.41) is 0. The largest absolute Gasteiger partial charge is 0.339 e. The minimum Gasteiger partial charge on any atom is -0.339 e. The van der Waals surface area contributed by atoms with Crippen LogP contribution in [0, 0.1) is 0 Å². The van der Waals surface area contributed by atoms with Gasteiger partial charge in [0.2, 0.25) is 5.91 Å². The third-order valence-electron chi connectivity index (χ3n) is 1.87. The van der Waals surface area contributed by atoms with Gasteiger partial charge in [0.25, 0.3) is 0 Å². The van der Waals surface area contributed by atoms with Crippen molar-refractivity contribution in [3.05, 3.63) is 11.0 Å². The van der Waals surface area contributed by atoms with E-state index in [-0.39, 0.29) is 5.91 Å². The molecule has 0 spiro atoms. The summed E-state index contributed by atoms with van der Waals surface area (Å²) in [4.78, 5) is 14.1. The number of amides is 1. The molecule has 0 bridgehead atoms. The zero-order valence-electron chi connectivity index (χ0n) is 6.96. The Morgan fingerprint density at radius 1 is 1.73 bits per heavy atom. The van der Waals surface area contributed by atoms with Crippen LogP contribution in [0.15, 0.2) is 11.0 Å².